The molecule has 0 nitrogen and oxygen atoms in total. The first kappa shape index (κ1) is 7.00. The van der Waals surface area contributed by atoms with Crippen molar-refractivity contribution in [3.8, 4) is 0 Å². The molecular weight excluding hydrogens is 183 g/mol. The van der Waals surface area contributed by atoms with Crippen molar-refractivity contribution in [2.75, 3.05) is 0 Å². The molecule has 9 heavy (non-hydrogen) atoms. The fraction of sp³-hybridized carbons (Fsp3) is 0.429. The van der Waals surface area contributed by atoms with Gasteiger partial charge < -0.3 is 0 Å². The molecule has 0 unspecified atom stereocenters. The standard InChI is InChI=1S/C7H8BrF/c1-5-3-2-4-6(8)7(5)9/h4H,2-3H2,1H3. The van der Waals surface area contributed by atoms with Gasteiger partial charge in [0.2, 0.25) is 0 Å². The molecule has 0 aromatic carbocycles. The molecule has 0 spiro atoms. The second kappa shape index (κ2) is 2.65. The lowest BCUT2D eigenvalue weighted by Crippen LogP contribution is -1.89. The van der Waals surface area contributed by atoms with Crippen molar-refractivity contribution >= 4 is 15.9 Å². The van der Waals surface area contributed by atoms with Crippen LogP contribution in [-0.4, -0.2) is 0 Å². The topological polar surface area (TPSA) is 0 Å². The molecule has 0 saturated carbocycles. The van der Waals surface area contributed by atoms with Crippen molar-refractivity contribution in [3.63, 3.8) is 0 Å². The van der Waals surface area contributed by atoms with Gasteiger partial charge >= 0.3 is 0 Å². The molecule has 0 radical (unpaired) electrons. The summed E-state index contributed by atoms with van der Waals surface area (Å²) < 4.78 is 13.4. The summed E-state index contributed by atoms with van der Waals surface area (Å²) in [4.78, 5) is 0. The molecule has 0 saturated heterocycles. The van der Waals surface area contributed by atoms with Gasteiger partial charge in [0, 0.05) is 4.48 Å². The van der Waals surface area contributed by atoms with Gasteiger partial charge in [-0.2, -0.15) is 0 Å². The molecule has 2 heteroatoms. The van der Waals surface area contributed by atoms with E-state index in [0.717, 1.165) is 18.4 Å². The predicted molar refractivity (Wildman–Crippen MR) is 40.1 cm³/mol. The first-order chi connectivity index (χ1) is 4.22. The van der Waals surface area contributed by atoms with E-state index >= 15 is 0 Å². The molecule has 0 atom stereocenters. The Labute approximate surface area is 62.6 Å². The van der Waals surface area contributed by atoms with Crippen LogP contribution >= 0.6 is 15.9 Å². The number of hydrogen-bond acceptors (Lipinski definition) is 0. The van der Waals surface area contributed by atoms with Gasteiger partial charge in [-0.3, -0.25) is 0 Å². The normalized spacial score (nSPS) is 20.1. The minimum atomic E-state index is -0.0822. The Hall–Kier alpha value is -0.110. The molecule has 0 aromatic heterocycles. The van der Waals surface area contributed by atoms with E-state index in [1.807, 2.05) is 13.0 Å². The van der Waals surface area contributed by atoms with Crippen LogP contribution in [0.15, 0.2) is 22.0 Å². The van der Waals surface area contributed by atoms with Crippen LogP contribution in [0.4, 0.5) is 4.39 Å². The quantitative estimate of drug-likeness (QED) is 0.551. The van der Waals surface area contributed by atoms with Gasteiger partial charge in [0.1, 0.15) is 5.83 Å². The highest BCUT2D eigenvalue weighted by Crippen LogP contribution is 2.29. The molecule has 1 aliphatic carbocycles. The van der Waals surface area contributed by atoms with Crippen LogP contribution in [0.5, 0.6) is 0 Å². The minimum Gasteiger partial charge on any atom is -0.206 e. The van der Waals surface area contributed by atoms with Crippen molar-refractivity contribution in [3.05, 3.63) is 22.0 Å². The summed E-state index contributed by atoms with van der Waals surface area (Å²) in [5.41, 5.74) is 0.851. The van der Waals surface area contributed by atoms with E-state index in [-0.39, 0.29) is 5.83 Å². The summed E-state index contributed by atoms with van der Waals surface area (Å²) in [6.45, 7) is 1.82. The van der Waals surface area contributed by atoms with Crippen LogP contribution in [0.25, 0.3) is 0 Å². The van der Waals surface area contributed by atoms with Crippen LogP contribution in [-0.2, 0) is 0 Å². The Bertz CT molecular complexity index is 179. The van der Waals surface area contributed by atoms with Gasteiger partial charge in [0.25, 0.3) is 0 Å². The highest BCUT2D eigenvalue weighted by molar-refractivity contribution is 9.11. The molecule has 0 N–H and O–H groups in total. The fourth-order valence-electron chi connectivity index (χ4n) is 0.819. The molecule has 1 aliphatic rings. The number of allylic oxidation sites excluding steroid dienone is 4. The van der Waals surface area contributed by atoms with E-state index in [2.05, 4.69) is 15.9 Å². The molecule has 0 bridgehead atoms. The van der Waals surface area contributed by atoms with Crippen molar-refractivity contribution in [2.45, 2.75) is 19.8 Å². The third-order valence-electron chi connectivity index (χ3n) is 1.43. The highest BCUT2D eigenvalue weighted by atomic mass is 79.9. The van der Waals surface area contributed by atoms with Gasteiger partial charge in [-0.25, -0.2) is 4.39 Å². The molecule has 1 rings (SSSR count). The second-order valence-electron chi connectivity index (χ2n) is 2.19. The average Bonchev–Trinajstić information content (AvgIpc) is 1.83. The van der Waals surface area contributed by atoms with Crippen LogP contribution in [0.1, 0.15) is 19.8 Å². The molecule has 0 amide bonds. The third-order valence-corrected chi connectivity index (χ3v) is 2.10. The Morgan fingerprint density at radius 3 is 2.78 bits per heavy atom. The number of hydrogen-bond donors (Lipinski definition) is 0. The zero-order valence-electron chi connectivity index (χ0n) is 5.25. The third kappa shape index (κ3) is 1.42. The largest absolute Gasteiger partial charge is 0.206 e. The van der Waals surface area contributed by atoms with E-state index < -0.39 is 0 Å². The lowest BCUT2D eigenvalue weighted by molar-refractivity contribution is 0.633. The van der Waals surface area contributed by atoms with Crippen molar-refractivity contribution in [1.82, 2.24) is 0 Å². The maximum atomic E-state index is 12.7. The maximum absolute atomic E-state index is 12.7. The Morgan fingerprint density at radius 1 is 1.67 bits per heavy atom. The molecule has 0 heterocycles. The van der Waals surface area contributed by atoms with Crippen molar-refractivity contribution < 1.29 is 4.39 Å². The summed E-state index contributed by atoms with van der Waals surface area (Å²) >= 11 is 3.12. The summed E-state index contributed by atoms with van der Waals surface area (Å²) in [5, 5.41) is 0. The van der Waals surface area contributed by atoms with Gasteiger partial charge in [0.15, 0.2) is 0 Å². The van der Waals surface area contributed by atoms with E-state index in [9.17, 15) is 4.39 Å². The maximum Gasteiger partial charge on any atom is 0.135 e. The molecule has 0 fully saturated rings. The summed E-state index contributed by atoms with van der Waals surface area (Å²) in [6, 6.07) is 0. The zero-order chi connectivity index (χ0) is 6.85. The molecular formula is C7H8BrF. The molecule has 50 valence electrons. The predicted octanol–water partition coefficient (Wildman–Crippen LogP) is 3.30. The second-order valence-corrected chi connectivity index (χ2v) is 3.04. The lowest BCUT2D eigenvalue weighted by atomic mass is 10.1. The zero-order valence-corrected chi connectivity index (χ0v) is 6.83. The van der Waals surface area contributed by atoms with Gasteiger partial charge in [0.05, 0.1) is 0 Å². The van der Waals surface area contributed by atoms with Crippen LogP contribution in [0.3, 0.4) is 0 Å². The molecule has 0 aromatic rings. The van der Waals surface area contributed by atoms with Crippen molar-refractivity contribution in [2.24, 2.45) is 0 Å². The lowest BCUT2D eigenvalue weighted by Gasteiger charge is -2.07. The Kier molecular flexibility index (Phi) is 2.06. The fourth-order valence-corrected chi connectivity index (χ4v) is 1.39. The molecule has 0 aliphatic heterocycles. The summed E-state index contributed by atoms with van der Waals surface area (Å²) in [7, 11) is 0. The van der Waals surface area contributed by atoms with Gasteiger partial charge in [-0.05, 0) is 41.3 Å². The van der Waals surface area contributed by atoms with E-state index in [1.165, 1.54) is 0 Å². The monoisotopic (exact) mass is 190 g/mol. The Morgan fingerprint density at radius 2 is 2.33 bits per heavy atom. The number of halogens is 2. The van der Waals surface area contributed by atoms with Crippen molar-refractivity contribution in [1.29, 1.82) is 0 Å². The van der Waals surface area contributed by atoms with Crippen LogP contribution < -0.4 is 0 Å². The SMILES string of the molecule is CC1=C(F)C(Br)=CCC1. The van der Waals surface area contributed by atoms with Gasteiger partial charge in [-0.15, -0.1) is 0 Å². The highest BCUT2D eigenvalue weighted by Gasteiger charge is 2.08. The number of rotatable bonds is 0. The summed E-state index contributed by atoms with van der Waals surface area (Å²) in [5.74, 6) is -0.0822. The Balaban J connectivity index is 2.88. The minimum absolute atomic E-state index is 0.0822. The van der Waals surface area contributed by atoms with E-state index in [0.29, 0.717) is 4.48 Å². The van der Waals surface area contributed by atoms with Crippen LogP contribution in [0.2, 0.25) is 0 Å². The van der Waals surface area contributed by atoms with E-state index in [4.69, 9.17) is 0 Å². The average molecular weight is 191 g/mol. The smallest absolute Gasteiger partial charge is 0.135 e. The summed E-state index contributed by atoms with van der Waals surface area (Å²) in [6.07, 6.45) is 3.68. The van der Waals surface area contributed by atoms with Gasteiger partial charge in [-0.1, -0.05) is 6.08 Å². The van der Waals surface area contributed by atoms with Crippen LogP contribution in [0, 0.1) is 0 Å². The first-order valence-electron chi connectivity index (χ1n) is 2.93. The first-order valence-corrected chi connectivity index (χ1v) is 3.72. The van der Waals surface area contributed by atoms with E-state index in [1.54, 1.807) is 0 Å².